The summed E-state index contributed by atoms with van der Waals surface area (Å²) in [5.74, 6) is 5.19. The van der Waals surface area contributed by atoms with Crippen LogP contribution in [0.2, 0.25) is 0 Å². The number of carbonyl (C=O) groups excluding carboxylic acids is 2. The normalized spacial score (nSPS) is 16.9. The molecule has 0 aromatic carbocycles. The molecule has 1 rings (SSSR count). The molecular formula is C12H23N3O2. The average Bonchev–Trinajstić information content (AvgIpc) is 2.38. The van der Waals surface area contributed by atoms with Crippen molar-refractivity contribution < 1.29 is 9.59 Å². The molecule has 0 atom stereocenters. The number of nitrogens with one attached hydrogen (secondary N) is 1. The van der Waals surface area contributed by atoms with Gasteiger partial charge in [-0.2, -0.15) is 0 Å². The summed E-state index contributed by atoms with van der Waals surface area (Å²) < 4.78 is 0. The third-order valence-electron chi connectivity index (χ3n) is 3.35. The SMILES string of the molecule is CCCCCC(=O)N1CCC(C(=O)NN)CC1. The molecule has 0 unspecified atom stereocenters. The molecule has 1 aliphatic heterocycles. The molecule has 98 valence electrons. The van der Waals surface area contributed by atoms with Gasteiger partial charge in [0.15, 0.2) is 0 Å². The third kappa shape index (κ3) is 4.34. The molecule has 0 spiro atoms. The number of piperidine rings is 1. The van der Waals surface area contributed by atoms with Crippen molar-refractivity contribution in [2.24, 2.45) is 11.8 Å². The fourth-order valence-corrected chi connectivity index (χ4v) is 2.19. The largest absolute Gasteiger partial charge is 0.343 e. The summed E-state index contributed by atoms with van der Waals surface area (Å²) in [4.78, 5) is 25.0. The van der Waals surface area contributed by atoms with E-state index in [2.05, 4.69) is 12.3 Å². The smallest absolute Gasteiger partial charge is 0.237 e. The van der Waals surface area contributed by atoms with Crippen LogP contribution in [0.5, 0.6) is 0 Å². The molecule has 0 aromatic rings. The summed E-state index contributed by atoms with van der Waals surface area (Å²) in [5, 5.41) is 0. The zero-order chi connectivity index (χ0) is 12.7. The summed E-state index contributed by atoms with van der Waals surface area (Å²) in [6.07, 6.45) is 5.30. The number of carbonyl (C=O) groups is 2. The second kappa shape index (κ2) is 7.27. The van der Waals surface area contributed by atoms with E-state index in [0.29, 0.717) is 19.5 Å². The van der Waals surface area contributed by atoms with Gasteiger partial charge in [-0.05, 0) is 19.3 Å². The minimum absolute atomic E-state index is 0.0281. The van der Waals surface area contributed by atoms with E-state index in [0.717, 1.165) is 32.1 Å². The Labute approximate surface area is 103 Å². The zero-order valence-corrected chi connectivity index (χ0v) is 10.6. The Morgan fingerprint density at radius 3 is 2.47 bits per heavy atom. The molecule has 0 radical (unpaired) electrons. The number of nitrogens with zero attached hydrogens (tertiary/aromatic N) is 1. The van der Waals surface area contributed by atoms with Crippen LogP contribution in [0.4, 0.5) is 0 Å². The van der Waals surface area contributed by atoms with Gasteiger partial charge < -0.3 is 4.90 Å². The number of hydrazine groups is 1. The maximum atomic E-state index is 11.8. The number of rotatable bonds is 5. The summed E-state index contributed by atoms with van der Waals surface area (Å²) in [6.45, 7) is 3.49. The van der Waals surface area contributed by atoms with Crippen molar-refractivity contribution in [1.82, 2.24) is 10.3 Å². The van der Waals surface area contributed by atoms with Crippen LogP contribution in [0.3, 0.4) is 0 Å². The van der Waals surface area contributed by atoms with Gasteiger partial charge in [0, 0.05) is 25.4 Å². The summed E-state index contributed by atoms with van der Waals surface area (Å²) in [7, 11) is 0. The highest BCUT2D eigenvalue weighted by Gasteiger charge is 2.26. The lowest BCUT2D eigenvalue weighted by molar-refractivity contribution is -0.135. The van der Waals surface area contributed by atoms with Crippen LogP contribution in [0.1, 0.15) is 45.4 Å². The van der Waals surface area contributed by atoms with Gasteiger partial charge >= 0.3 is 0 Å². The van der Waals surface area contributed by atoms with Crippen molar-refractivity contribution in [2.45, 2.75) is 45.4 Å². The predicted molar refractivity (Wildman–Crippen MR) is 65.8 cm³/mol. The number of amides is 2. The van der Waals surface area contributed by atoms with Crippen LogP contribution in [0.15, 0.2) is 0 Å². The van der Waals surface area contributed by atoms with E-state index < -0.39 is 0 Å². The molecular weight excluding hydrogens is 218 g/mol. The zero-order valence-electron chi connectivity index (χ0n) is 10.6. The van der Waals surface area contributed by atoms with Crippen molar-refractivity contribution in [1.29, 1.82) is 0 Å². The van der Waals surface area contributed by atoms with Crippen molar-refractivity contribution >= 4 is 11.8 Å². The quantitative estimate of drug-likeness (QED) is 0.323. The van der Waals surface area contributed by atoms with Crippen LogP contribution in [0, 0.1) is 5.92 Å². The molecule has 17 heavy (non-hydrogen) atoms. The van der Waals surface area contributed by atoms with Gasteiger partial charge in [0.1, 0.15) is 0 Å². The first-order valence-corrected chi connectivity index (χ1v) is 6.47. The summed E-state index contributed by atoms with van der Waals surface area (Å²) in [5.41, 5.74) is 2.18. The highest BCUT2D eigenvalue weighted by molar-refractivity contribution is 5.79. The first-order valence-electron chi connectivity index (χ1n) is 6.47. The molecule has 1 aliphatic rings. The van der Waals surface area contributed by atoms with Crippen molar-refractivity contribution in [3.63, 3.8) is 0 Å². The molecule has 0 saturated carbocycles. The lowest BCUT2D eigenvalue weighted by Gasteiger charge is -2.31. The van der Waals surface area contributed by atoms with E-state index >= 15 is 0 Å². The molecule has 2 amide bonds. The monoisotopic (exact) mass is 241 g/mol. The van der Waals surface area contributed by atoms with Crippen molar-refractivity contribution in [2.75, 3.05) is 13.1 Å². The Bertz CT molecular complexity index is 260. The van der Waals surface area contributed by atoms with Gasteiger partial charge in [0.05, 0.1) is 0 Å². The van der Waals surface area contributed by atoms with E-state index in [1.165, 1.54) is 0 Å². The van der Waals surface area contributed by atoms with E-state index in [1.54, 1.807) is 0 Å². The van der Waals surface area contributed by atoms with E-state index in [9.17, 15) is 9.59 Å². The number of unbranched alkanes of at least 4 members (excludes halogenated alkanes) is 2. The lowest BCUT2D eigenvalue weighted by Crippen LogP contribution is -2.44. The second-order valence-corrected chi connectivity index (χ2v) is 4.62. The van der Waals surface area contributed by atoms with Crippen LogP contribution in [0.25, 0.3) is 0 Å². The lowest BCUT2D eigenvalue weighted by atomic mass is 9.96. The van der Waals surface area contributed by atoms with Crippen LogP contribution in [-0.4, -0.2) is 29.8 Å². The first-order chi connectivity index (χ1) is 8.19. The van der Waals surface area contributed by atoms with Gasteiger partial charge in [-0.25, -0.2) is 5.84 Å². The fraction of sp³-hybridized carbons (Fsp3) is 0.833. The maximum absolute atomic E-state index is 11.8. The first kappa shape index (κ1) is 14.0. The minimum Gasteiger partial charge on any atom is -0.343 e. The van der Waals surface area contributed by atoms with Crippen molar-refractivity contribution in [3.05, 3.63) is 0 Å². The summed E-state index contributed by atoms with van der Waals surface area (Å²) >= 11 is 0. The van der Waals surface area contributed by atoms with Gasteiger partial charge in [-0.3, -0.25) is 15.0 Å². The number of hydrogen-bond acceptors (Lipinski definition) is 3. The van der Waals surface area contributed by atoms with E-state index in [-0.39, 0.29) is 17.7 Å². The van der Waals surface area contributed by atoms with E-state index in [4.69, 9.17) is 5.84 Å². The number of likely N-dealkylation sites (tertiary alicyclic amines) is 1. The minimum atomic E-state index is -0.108. The third-order valence-corrected chi connectivity index (χ3v) is 3.35. The molecule has 5 nitrogen and oxygen atoms in total. The molecule has 0 aromatic heterocycles. The Kier molecular flexibility index (Phi) is 5.97. The molecule has 1 saturated heterocycles. The molecule has 0 bridgehead atoms. The van der Waals surface area contributed by atoms with Crippen LogP contribution < -0.4 is 11.3 Å². The van der Waals surface area contributed by atoms with Gasteiger partial charge in [-0.1, -0.05) is 19.8 Å². The molecule has 3 N–H and O–H groups in total. The summed E-state index contributed by atoms with van der Waals surface area (Å²) in [6, 6.07) is 0. The molecule has 1 fully saturated rings. The highest BCUT2D eigenvalue weighted by Crippen LogP contribution is 2.18. The second-order valence-electron chi connectivity index (χ2n) is 4.62. The predicted octanol–water partition coefficient (Wildman–Crippen LogP) is 0.795. The topological polar surface area (TPSA) is 75.4 Å². The highest BCUT2D eigenvalue weighted by atomic mass is 16.2. The van der Waals surface area contributed by atoms with Crippen LogP contribution in [-0.2, 0) is 9.59 Å². The van der Waals surface area contributed by atoms with Gasteiger partial charge in [0.25, 0.3) is 0 Å². The maximum Gasteiger partial charge on any atom is 0.237 e. The van der Waals surface area contributed by atoms with Gasteiger partial charge in [0.2, 0.25) is 11.8 Å². The molecule has 1 heterocycles. The fourth-order valence-electron chi connectivity index (χ4n) is 2.19. The Morgan fingerprint density at radius 2 is 1.94 bits per heavy atom. The average molecular weight is 241 g/mol. The Balaban J connectivity index is 2.26. The van der Waals surface area contributed by atoms with Gasteiger partial charge in [-0.15, -0.1) is 0 Å². The van der Waals surface area contributed by atoms with Crippen molar-refractivity contribution in [3.8, 4) is 0 Å². The standard InChI is InChI=1S/C12H23N3O2/c1-2-3-4-5-11(16)15-8-6-10(7-9-15)12(17)14-13/h10H,2-9,13H2,1H3,(H,14,17). The number of nitrogens with two attached hydrogens (primary N) is 1. The Hall–Kier alpha value is -1.10. The van der Waals surface area contributed by atoms with E-state index in [1.807, 2.05) is 4.90 Å². The molecule has 5 heteroatoms. The molecule has 0 aliphatic carbocycles. The van der Waals surface area contributed by atoms with Crippen LogP contribution >= 0.6 is 0 Å². The number of hydrogen-bond donors (Lipinski definition) is 2. The Morgan fingerprint density at radius 1 is 1.29 bits per heavy atom.